The molecule has 0 spiro atoms. The maximum atomic E-state index is 11.9. The third-order valence-electron chi connectivity index (χ3n) is 2.39. The van der Waals surface area contributed by atoms with E-state index >= 15 is 0 Å². The third kappa shape index (κ3) is 4.61. The highest BCUT2D eigenvalue weighted by atomic mass is 16.2. The van der Waals surface area contributed by atoms with E-state index in [1.807, 2.05) is 13.8 Å². The van der Waals surface area contributed by atoms with Crippen LogP contribution in [-0.2, 0) is 9.59 Å². The van der Waals surface area contributed by atoms with Gasteiger partial charge in [-0.15, -0.1) is 0 Å². The second-order valence-corrected chi connectivity index (χ2v) is 4.06. The quantitative estimate of drug-likeness (QED) is 0.700. The maximum Gasteiger partial charge on any atom is 0.241 e. The average molecular weight is 229 g/mol. The Morgan fingerprint density at radius 1 is 1.25 bits per heavy atom. The summed E-state index contributed by atoms with van der Waals surface area (Å²) >= 11 is 0. The molecule has 0 aliphatic heterocycles. The van der Waals surface area contributed by atoms with Crippen LogP contribution in [-0.4, -0.2) is 54.8 Å². The summed E-state index contributed by atoms with van der Waals surface area (Å²) in [6.07, 6.45) is 1.41. The van der Waals surface area contributed by atoms with Crippen molar-refractivity contribution < 1.29 is 9.59 Å². The van der Waals surface area contributed by atoms with Crippen molar-refractivity contribution in [1.82, 2.24) is 9.80 Å². The normalized spacial score (nSPS) is 12.1. The molecule has 0 heterocycles. The minimum Gasteiger partial charge on any atom is -0.347 e. The van der Waals surface area contributed by atoms with Crippen LogP contribution in [0.1, 0.15) is 26.7 Å². The lowest BCUT2D eigenvalue weighted by atomic mass is 10.2. The summed E-state index contributed by atoms with van der Waals surface area (Å²) in [7, 11) is 3.35. The van der Waals surface area contributed by atoms with Gasteiger partial charge in [0.2, 0.25) is 11.8 Å². The Balaban J connectivity index is 4.48. The van der Waals surface area contributed by atoms with Crippen LogP contribution in [0.15, 0.2) is 0 Å². The molecule has 0 aliphatic rings. The summed E-state index contributed by atoms with van der Waals surface area (Å²) in [5.41, 5.74) is 5.68. The molecule has 0 rings (SSSR count). The fourth-order valence-corrected chi connectivity index (χ4v) is 1.25. The molecule has 1 atom stereocenters. The minimum absolute atomic E-state index is 0.0786. The second kappa shape index (κ2) is 7.22. The van der Waals surface area contributed by atoms with Crippen LogP contribution in [0.4, 0.5) is 0 Å². The largest absolute Gasteiger partial charge is 0.347 e. The molecule has 0 aromatic heterocycles. The molecule has 0 unspecified atom stereocenters. The number of rotatable bonds is 6. The molecule has 0 aromatic carbocycles. The van der Waals surface area contributed by atoms with E-state index in [-0.39, 0.29) is 18.4 Å². The zero-order valence-corrected chi connectivity index (χ0v) is 10.7. The van der Waals surface area contributed by atoms with Gasteiger partial charge in [-0.2, -0.15) is 0 Å². The van der Waals surface area contributed by atoms with Gasteiger partial charge in [-0.3, -0.25) is 9.59 Å². The van der Waals surface area contributed by atoms with Gasteiger partial charge in [0, 0.05) is 20.6 Å². The van der Waals surface area contributed by atoms with Crippen molar-refractivity contribution in [2.75, 3.05) is 27.2 Å². The van der Waals surface area contributed by atoms with E-state index in [0.29, 0.717) is 13.0 Å². The predicted molar refractivity (Wildman–Crippen MR) is 63.8 cm³/mol. The number of amides is 2. The lowest BCUT2D eigenvalue weighted by Gasteiger charge is -2.25. The van der Waals surface area contributed by atoms with E-state index in [0.717, 1.165) is 6.42 Å². The van der Waals surface area contributed by atoms with E-state index < -0.39 is 6.04 Å². The highest BCUT2D eigenvalue weighted by Gasteiger charge is 2.21. The molecule has 0 saturated carbocycles. The molecule has 0 fully saturated rings. The Labute approximate surface area is 97.6 Å². The first-order valence-corrected chi connectivity index (χ1v) is 5.68. The van der Waals surface area contributed by atoms with Gasteiger partial charge in [0.15, 0.2) is 0 Å². The van der Waals surface area contributed by atoms with E-state index in [4.69, 9.17) is 5.73 Å². The first kappa shape index (κ1) is 14.9. The van der Waals surface area contributed by atoms with E-state index in [1.165, 1.54) is 9.80 Å². The van der Waals surface area contributed by atoms with E-state index in [9.17, 15) is 9.59 Å². The Bertz CT molecular complexity index is 241. The van der Waals surface area contributed by atoms with Crippen molar-refractivity contribution in [3.8, 4) is 0 Å². The third-order valence-corrected chi connectivity index (χ3v) is 2.39. The van der Waals surface area contributed by atoms with Crippen LogP contribution < -0.4 is 5.73 Å². The maximum absolute atomic E-state index is 11.9. The van der Waals surface area contributed by atoms with E-state index in [2.05, 4.69) is 0 Å². The number of carbonyl (C=O) groups is 2. The van der Waals surface area contributed by atoms with Gasteiger partial charge in [-0.05, 0) is 12.8 Å². The number of hydrogen-bond donors (Lipinski definition) is 1. The Kier molecular flexibility index (Phi) is 6.72. The summed E-state index contributed by atoms with van der Waals surface area (Å²) in [5.74, 6) is -0.218. The van der Waals surface area contributed by atoms with Crippen LogP contribution in [0.3, 0.4) is 0 Å². The molecular formula is C11H23N3O2. The first-order valence-electron chi connectivity index (χ1n) is 5.68. The highest BCUT2D eigenvalue weighted by molar-refractivity contribution is 5.87. The van der Waals surface area contributed by atoms with Crippen molar-refractivity contribution in [3.05, 3.63) is 0 Å². The molecule has 0 saturated heterocycles. The molecule has 0 bridgehead atoms. The summed E-state index contributed by atoms with van der Waals surface area (Å²) in [5, 5.41) is 0. The smallest absolute Gasteiger partial charge is 0.241 e. The standard InChI is InChI=1S/C11H23N3O2/c1-5-7-14(8-10(15)13(3)4)11(16)9(12)6-2/h9H,5-8,12H2,1-4H3/t9-/m0/s1. The SMILES string of the molecule is CCCN(CC(=O)N(C)C)C(=O)[C@@H](N)CC. The molecule has 2 amide bonds. The predicted octanol–water partition coefficient (Wildman–Crippen LogP) is 0.0505. The molecule has 2 N–H and O–H groups in total. The summed E-state index contributed by atoms with van der Waals surface area (Å²) in [6.45, 7) is 4.53. The lowest BCUT2D eigenvalue weighted by molar-refractivity contribution is -0.140. The van der Waals surface area contributed by atoms with Crippen LogP contribution in [0.5, 0.6) is 0 Å². The monoisotopic (exact) mass is 229 g/mol. The van der Waals surface area contributed by atoms with Gasteiger partial charge in [0.1, 0.15) is 0 Å². The second-order valence-electron chi connectivity index (χ2n) is 4.06. The van der Waals surface area contributed by atoms with Crippen LogP contribution >= 0.6 is 0 Å². The Hall–Kier alpha value is -1.10. The highest BCUT2D eigenvalue weighted by Crippen LogP contribution is 2.00. The fourth-order valence-electron chi connectivity index (χ4n) is 1.25. The number of carbonyl (C=O) groups excluding carboxylic acids is 2. The first-order chi connectivity index (χ1) is 7.43. The lowest BCUT2D eigenvalue weighted by Crippen LogP contribution is -2.47. The summed E-state index contributed by atoms with van der Waals surface area (Å²) < 4.78 is 0. The van der Waals surface area contributed by atoms with Crippen molar-refractivity contribution in [3.63, 3.8) is 0 Å². The van der Waals surface area contributed by atoms with Crippen LogP contribution in [0.25, 0.3) is 0 Å². The molecule has 5 heteroatoms. The zero-order valence-electron chi connectivity index (χ0n) is 10.7. The molecule has 94 valence electrons. The molecule has 5 nitrogen and oxygen atoms in total. The van der Waals surface area contributed by atoms with Gasteiger partial charge >= 0.3 is 0 Å². The molecular weight excluding hydrogens is 206 g/mol. The molecule has 16 heavy (non-hydrogen) atoms. The van der Waals surface area contributed by atoms with Crippen molar-refractivity contribution in [2.24, 2.45) is 5.73 Å². The van der Waals surface area contributed by atoms with Gasteiger partial charge in [-0.25, -0.2) is 0 Å². The minimum atomic E-state index is -0.499. The van der Waals surface area contributed by atoms with Crippen molar-refractivity contribution in [2.45, 2.75) is 32.7 Å². The molecule has 0 radical (unpaired) electrons. The molecule has 0 aliphatic carbocycles. The molecule has 0 aromatic rings. The number of nitrogens with two attached hydrogens (primary N) is 1. The fraction of sp³-hybridized carbons (Fsp3) is 0.818. The van der Waals surface area contributed by atoms with Gasteiger partial charge < -0.3 is 15.5 Å². The number of hydrogen-bond acceptors (Lipinski definition) is 3. The Morgan fingerprint density at radius 2 is 1.81 bits per heavy atom. The van der Waals surface area contributed by atoms with Gasteiger partial charge in [0.25, 0.3) is 0 Å². The zero-order chi connectivity index (χ0) is 12.7. The summed E-state index contributed by atoms with van der Waals surface area (Å²) in [4.78, 5) is 26.4. The average Bonchev–Trinajstić information content (AvgIpc) is 2.26. The van der Waals surface area contributed by atoms with E-state index in [1.54, 1.807) is 14.1 Å². The topological polar surface area (TPSA) is 66.6 Å². The van der Waals surface area contributed by atoms with Gasteiger partial charge in [0.05, 0.1) is 12.6 Å². The van der Waals surface area contributed by atoms with Crippen molar-refractivity contribution in [1.29, 1.82) is 0 Å². The summed E-state index contributed by atoms with van der Waals surface area (Å²) in [6, 6.07) is -0.499. The Morgan fingerprint density at radius 3 is 2.19 bits per heavy atom. The van der Waals surface area contributed by atoms with Crippen LogP contribution in [0, 0.1) is 0 Å². The van der Waals surface area contributed by atoms with Crippen LogP contribution in [0.2, 0.25) is 0 Å². The van der Waals surface area contributed by atoms with Gasteiger partial charge in [-0.1, -0.05) is 13.8 Å². The number of nitrogens with zero attached hydrogens (tertiary/aromatic N) is 2. The van der Waals surface area contributed by atoms with Crippen molar-refractivity contribution >= 4 is 11.8 Å². The number of likely N-dealkylation sites (N-methyl/N-ethyl adjacent to an activating group) is 1.